The zero-order valence-electron chi connectivity index (χ0n) is 7.79. The van der Waals surface area contributed by atoms with E-state index in [9.17, 15) is 0 Å². The molecule has 0 atom stereocenters. The molecule has 13 heavy (non-hydrogen) atoms. The Balaban J connectivity index is 2.43. The van der Waals surface area contributed by atoms with Crippen LogP contribution in [0.25, 0.3) is 0 Å². The molecule has 1 heterocycles. The maximum atomic E-state index is 8.69. The average Bonchev–Trinajstić information content (AvgIpc) is 2.36. The van der Waals surface area contributed by atoms with E-state index in [0.717, 1.165) is 12.2 Å². The van der Waals surface area contributed by atoms with Gasteiger partial charge < -0.3 is 4.74 Å². The second-order valence-electron chi connectivity index (χ2n) is 3.97. The summed E-state index contributed by atoms with van der Waals surface area (Å²) in [4.78, 5) is 0. The standard InChI is InChI=1S/C11H11NO/c1-11(2)6-9-4-3-8(7-12)5-10(9)13-11/h3-5H,6H2,1-2H3. The highest BCUT2D eigenvalue weighted by Gasteiger charge is 2.29. The highest BCUT2D eigenvalue weighted by molar-refractivity contribution is 5.45. The number of hydrogen-bond donors (Lipinski definition) is 0. The minimum absolute atomic E-state index is 0.115. The van der Waals surface area contributed by atoms with Crippen LogP contribution in [-0.4, -0.2) is 5.60 Å². The minimum Gasteiger partial charge on any atom is -0.487 e. The van der Waals surface area contributed by atoms with Gasteiger partial charge in [0.2, 0.25) is 0 Å². The van der Waals surface area contributed by atoms with Crippen molar-refractivity contribution in [2.75, 3.05) is 0 Å². The van der Waals surface area contributed by atoms with Crippen molar-refractivity contribution in [3.63, 3.8) is 0 Å². The summed E-state index contributed by atoms with van der Waals surface area (Å²) in [5.41, 5.74) is 1.75. The molecule has 1 aliphatic heterocycles. The van der Waals surface area contributed by atoms with E-state index in [1.165, 1.54) is 5.56 Å². The van der Waals surface area contributed by atoms with Crippen molar-refractivity contribution in [1.82, 2.24) is 0 Å². The number of nitriles is 1. The Morgan fingerprint density at radius 2 is 2.23 bits per heavy atom. The van der Waals surface area contributed by atoms with Crippen LogP contribution >= 0.6 is 0 Å². The fourth-order valence-corrected chi connectivity index (χ4v) is 1.66. The number of ether oxygens (including phenoxy) is 1. The number of hydrogen-bond acceptors (Lipinski definition) is 2. The topological polar surface area (TPSA) is 33.0 Å². The third-order valence-electron chi connectivity index (χ3n) is 2.20. The molecule has 1 aromatic rings. The van der Waals surface area contributed by atoms with Crippen LogP contribution < -0.4 is 4.74 Å². The molecule has 0 aliphatic carbocycles. The summed E-state index contributed by atoms with van der Waals surface area (Å²) < 4.78 is 5.69. The largest absolute Gasteiger partial charge is 0.487 e. The lowest BCUT2D eigenvalue weighted by Gasteiger charge is -2.16. The van der Waals surface area contributed by atoms with E-state index < -0.39 is 0 Å². The predicted molar refractivity (Wildman–Crippen MR) is 49.6 cm³/mol. The summed E-state index contributed by atoms with van der Waals surface area (Å²) in [5.74, 6) is 0.865. The zero-order chi connectivity index (χ0) is 9.47. The maximum Gasteiger partial charge on any atom is 0.124 e. The van der Waals surface area contributed by atoms with Crippen LogP contribution in [0.4, 0.5) is 0 Å². The molecule has 0 radical (unpaired) electrons. The van der Waals surface area contributed by atoms with Gasteiger partial charge in [0, 0.05) is 6.42 Å². The normalized spacial score (nSPS) is 17.3. The van der Waals surface area contributed by atoms with Crippen LogP contribution in [0.15, 0.2) is 18.2 Å². The molecule has 0 spiro atoms. The minimum atomic E-state index is -0.115. The summed E-state index contributed by atoms with van der Waals surface area (Å²) in [7, 11) is 0. The molecule has 0 saturated carbocycles. The molecule has 1 aliphatic rings. The summed E-state index contributed by atoms with van der Waals surface area (Å²) in [6.45, 7) is 4.11. The molecule has 2 rings (SSSR count). The van der Waals surface area contributed by atoms with Gasteiger partial charge in [0.1, 0.15) is 11.4 Å². The van der Waals surface area contributed by atoms with Crippen molar-refractivity contribution >= 4 is 0 Å². The van der Waals surface area contributed by atoms with E-state index in [1.807, 2.05) is 18.2 Å². The second-order valence-corrected chi connectivity index (χ2v) is 3.97. The van der Waals surface area contributed by atoms with Gasteiger partial charge in [-0.15, -0.1) is 0 Å². The van der Waals surface area contributed by atoms with Crippen LogP contribution in [0.3, 0.4) is 0 Å². The van der Waals surface area contributed by atoms with E-state index >= 15 is 0 Å². The van der Waals surface area contributed by atoms with Crippen LogP contribution in [-0.2, 0) is 6.42 Å². The Hall–Kier alpha value is -1.49. The van der Waals surface area contributed by atoms with Crippen molar-refractivity contribution in [2.45, 2.75) is 25.9 Å². The van der Waals surface area contributed by atoms with Crippen molar-refractivity contribution in [1.29, 1.82) is 5.26 Å². The number of benzene rings is 1. The second kappa shape index (κ2) is 2.50. The number of nitrogens with zero attached hydrogens (tertiary/aromatic N) is 1. The highest BCUT2D eigenvalue weighted by Crippen LogP contribution is 2.34. The molecular formula is C11H11NO. The van der Waals surface area contributed by atoms with E-state index in [2.05, 4.69) is 19.9 Å². The van der Waals surface area contributed by atoms with E-state index in [1.54, 1.807) is 0 Å². The average molecular weight is 173 g/mol. The fraction of sp³-hybridized carbons (Fsp3) is 0.364. The Morgan fingerprint density at radius 1 is 1.46 bits per heavy atom. The summed E-state index contributed by atoms with van der Waals surface area (Å²) in [6, 6.07) is 7.73. The van der Waals surface area contributed by atoms with Gasteiger partial charge in [-0.3, -0.25) is 0 Å². The molecule has 2 heteroatoms. The Morgan fingerprint density at radius 3 is 2.92 bits per heavy atom. The lowest BCUT2D eigenvalue weighted by molar-refractivity contribution is 0.138. The van der Waals surface area contributed by atoms with Crippen LogP contribution in [0.2, 0.25) is 0 Å². The number of rotatable bonds is 0. The van der Waals surface area contributed by atoms with Crippen LogP contribution in [0.5, 0.6) is 5.75 Å². The van der Waals surface area contributed by atoms with Gasteiger partial charge in [-0.1, -0.05) is 6.07 Å². The first-order valence-corrected chi connectivity index (χ1v) is 4.33. The summed E-state index contributed by atoms with van der Waals surface area (Å²) >= 11 is 0. The molecule has 2 nitrogen and oxygen atoms in total. The van der Waals surface area contributed by atoms with Gasteiger partial charge in [-0.05, 0) is 31.5 Å². The van der Waals surface area contributed by atoms with Crippen molar-refractivity contribution < 1.29 is 4.74 Å². The first-order chi connectivity index (χ1) is 6.11. The monoisotopic (exact) mass is 173 g/mol. The third-order valence-corrected chi connectivity index (χ3v) is 2.20. The molecule has 0 saturated heterocycles. The van der Waals surface area contributed by atoms with Gasteiger partial charge in [-0.25, -0.2) is 0 Å². The van der Waals surface area contributed by atoms with Gasteiger partial charge in [0.15, 0.2) is 0 Å². The predicted octanol–water partition coefficient (Wildman–Crippen LogP) is 2.27. The quantitative estimate of drug-likeness (QED) is 0.603. The van der Waals surface area contributed by atoms with Gasteiger partial charge >= 0.3 is 0 Å². The molecule has 66 valence electrons. The van der Waals surface area contributed by atoms with E-state index in [0.29, 0.717) is 5.56 Å². The molecular weight excluding hydrogens is 162 g/mol. The smallest absolute Gasteiger partial charge is 0.124 e. The molecule has 1 aromatic carbocycles. The van der Waals surface area contributed by atoms with Crippen LogP contribution in [0.1, 0.15) is 25.0 Å². The third kappa shape index (κ3) is 1.38. The first kappa shape index (κ1) is 8.12. The summed E-state index contributed by atoms with van der Waals surface area (Å²) in [6.07, 6.45) is 0.925. The molecule has 0 aromatic heterocycles. The van der Waals surface area contributed by atoms with Crippen molar-refractivity contribution in [2.24, 2.45) is 0 Å². The fourth-order valence-electron chi connectivity index (χ4n) is 1.66. The van der Waals surface area contributed by atoms with Gasteiger partial charge in [-0.2, -0.15) is 5.26 Å². The lowest BCUT2D eigenvalue weighted by atomic mass is 10.0. The molecule has 0 unspecified atom stereocenters. The Kier molecular flexibility index (Phi) is 1.56. The van der Waals surface area contributed by atoms with Gasteiger partial charge in [0.25, 0.3) is 0 Å². The Labute approximate surface area is 77.8 Å². The SMILES string of the molecule is CC1(C)Cc2ccc(C#N)cc2O1. The van der Waals surface area contributed by atoms with E-state index in [4.69, 9.17) is 10.00 Å². The van der Waals surface area contributed by atoms with Crippen molar-refractivity contribution in [3.05, 3.63) is 29.3 Å². The first-order valence-electron chi connectivity index (χ1n) is 4.33. The van der Waals surface area contributed by atoms with E-state index in [-0.39, 0.29) is 5.60 Å². The molecule has 0 N–H and O–H groups in total. The van der Waals surface area contributed by atoms with Gasteiger partial charge in [0.05, 0.1) is 11.6 Å². The zero-order valence-corrected chi connectivity index (χ0v) is 7.79. The molecule has 0 bridgehead atoms. The Bertz CT molecular complexity index is 388. The lowest BCUT2D eigenvalue weighted by Crippen LogP contribution is -2.24. The maximum absolute atomic E-state index is 8.69. The highest BCUT2D eigenvalue weighted by atomic mass is 16.5. The number of fused-ring (bicyclic) bond motifs is 1. The van der Waals surface area contributed by atoms with Crippen molar-refractivity contribution in [3.8, 4) is 11.8 Å². The molecule has 0 amide bonds. The molecule has 0 fully saturated rings. The summed E-state index contributed by atoms with van der Waals surface area (Å²) in [5, 5.41) is 8.69. The van der Waals surface area contributed by atoms with Crippen LogP contribution in [0, 0.1) is 11.3 Å².